The van der Waals surface area contributed by atoms with Gasteiger partial charge in [0.25, 0.3) is 0 Å². The van der Waals surface area contributed by atoms with E-state index in [1.807, 2.05) is 13.8 Å². The van der Waals surface area contributed by atoms with Crippen LogP contribution in [0.4, 0.5) is 0 Å². The third-order valence-corrected chi connectivity index (χ3v) is 3.22. The maximum absolute atomic E-state index is 3.88. The van der Waals surface area contributed by atoms with E-state index in [1.54, 1.807) is 0 Å². The molecule has 4 unspecified atom stereocenters. The van der Waals surface area contributed by atoms with Crippen LogP contribution in [0.1, 0.15) is 34.1 Å². The first kappa shape index (κ1) is 12.5. The summed E-state index contributed by atoms with van der Waals surface area (Å²) in [4.78, 5) is 0. The molecule has 0 heteroatoms. The van der Waals surface area contributed by atoms with Gasteiger partial charge in [0.1, 0.15) is 0 Å². The highest BCUT2D eigenvalue weighted by molar-refractivity contribution is 5.01. The van der Waals surface area contributed by atoms with Crippen molar-refractivity contribution in [3.05, 3.63) is 25.3 Å². The number of hydrogen-bond donors (Lipinski definition) is 0. The van der Waals surface area contributed by atoms with Gasteiger partial charge in [0.05, 0.1) is 0 Å². The molecule has 0 amide bonds. The van der Waals surface area contributed by atoms with Crippen molar-refractivity contribution < 1.29 is 0 Å². The van der Waals surface area contributed by atoms with Gasteiger partial charge in [-0.15, -0.1) is 13.2 Å². The van der Waals surface area contributed by atoms with Gasteiger partial charge in [-0.2, -0.15) is 0 Å². The van der Waals surface area contributed by atoms with Crippen LogP contribution >= 0.6 is 0 Å². The molecule has 0 heterocycles. The van der Waals surface area contributed by atoms with Crippen molar-refractivity contribution in [3.63, 3.8) is 0 Å². The number of hydrogen-bond acceptors (Lipinski definition) is 0. The zero-order chi connectivity index (χ0) is 10.4. The van der Waals surface area contributed by atoms with Crippen LogP contribution in [0.2, 0.25) is 0 Å². The molecular weight excluding hydrogens is 156 g/mol. The van der Waals surface area contributed by atoms with E-state index in [9.17, 15) is 0 Å². The minimum Gasteiger partial charge on any atom is -0.103 e. The molecule has 0 aromatic rings. The molecule has 0 N–H and O–H groups in total. The Morgan fingerprint density at radius 2 is 1.62 bits per heavy atom. The topological polar surface area (TPSA) is 0 Å². The average Bonchev–Trinajstić information content (AvgIpc) is 2.46. The van der Waals surface area contributed by atoms with E-state index in [-0.39, 0.29) is 0 Å². The molecule has 0 bridgehead atoms. The smallest absolute Gasteiger partial charge is 0.0145 e. The fraction of sp³-hybridized carbons (Fsp3) is 0.692. The summed E-state index contributed by atoms with van der Waals surface area (Å²) in [7, 11) is 0. The van der Waals surface area contributed by atoms with Crippen molar-refractivity contribution in [3.8, 4) is 0 Å². The lowest BCUT2D eigenvalue weighted by Gasteiger charge is -2.16. The minimum atomic E-state index is 0.669. The van der Waals surface area contributed by atoms with Gasteiger partial charge in [-0.25, -0.2) is 0 Å². The van der Waals surface area contributed by atoms with E-state index in [1.165, 1.54) is 6.42 Å². The van der Waals surface area contributed by atoms with E-state index in [0.717, 1.165) is 11.8 Å². The van der Waals surface area contributed by atoms with Crippen LogP contribution in [0.5, 0.6) is 0 Å². The lowest BCUT2D eigenvalue weighted by Crippen LogP contribution is -2.09. The van der Waals surface area contributed by atoms with E-state index in [4.69, 9.17) is 0 Å². The van der Waals surface area contributed by atoms with Gasteiger partial charge in [0.2, 0.25) is 0 Å². The van der Waals surface area contributed by atoms with Crippen molar-refractivity contribution in [2.75, 3.05) is 0 Å². The minimum absolute atomic E-state index is 0.669. The molecule has 0 radical (unpaired) electrons. The van der Waals surface area contributed by atoms with E-state index < -0.39 is 0 Å². The van der Waals surface area contributed by atoms with Crippen LogP contribution in [0.15, 0.2) is 25.3 Å². The molecule has 1 rings (SSSR count). The Labute approximate surface area is 83.7 Å². The summed E-state index contributed by atoms with van der Waals surface area (Å²) < 4.78 is 0. The van der Waals surface area contributed by atoms with Gasteiger partial charge in [-0.3, -0.25) is 0 Å². The fourth-order valence-corrected chi connectivity index (χ4v) is 2.21. The summed E-state index contributed by atoms with van der Waals surface area (Å²) in [6.07, 6.45) is 5.48. The SMILES string of the molecule is C=CC1CC(C)C(C)C1C=C.CC. The molecule has 1 saturated carbocycles. The lowest BCUT2D eigenvalue weighted by molar-refractivity contribution is 0.397. The lowest BCUT2D eigenvalue weighted by atomic mass is 9.89. The molecule has 0 nitrogen and oxygen atoms in total. The highest BCUT2D eigenvalue weighted by Crippen LogP contribution is 2.42. The average molecular weight is 180 g/mol. The second-order valence-electron chi connectivity index (χ2n) is 3.78. The predicted molar refractivity (Wildman–Crippen MR) is 61.7 cm³/mol. The van der Waals surface area contributed by atoms with Gasteiger partial charge in [-0.05, 0) is 30.1 Å². The predicted octanol–water partition coefficient (Wildman–Crippen LogP) is 4.29. The quantitative estimate of drug-likeness (QED) is 0.556. The van der Waals surface area contributed by atoms with Crippen LogP contribution in [0.3, 0.4) is 0 Å². The first-order valence-corrected chi connectivity index (χ1v) is 5.45. The van der Waals surface area contributed by atoms with Crippen molar-refractivity contribution in [1.29, 1.82) is 0 Å². The summed E-state index contributed by atoms with van der Waals surface area (Å²) in [5, 5.41) is 0. The summed E-state index contributed by atoms with van der Waals surface area (Å²) >= 11 is 0. The van der Waals surface area contributed by atoms with Crippen LogP contribution in [-0.4, -0.2) is 0 Å². The van der Waals surface area contributed by atoms with E-state index >= 15 is 0 Å². The third kappa shape index (κ3) is 2.72. The Hall–Kier alpha value is -0.520. The van der Waals surface area contributed by atoms with Gasteiger partial charge in [-0.1, -0.05) is 39.8 Å². The summed E-state index contributed by atoms with van der Waals surface area (Å²) in [6.45, 7) is 16.4. The normalized spacial score (nSPS) is 37.5. The molecule has 0 aromatic carbocycles. The molecule has 13 heavy (non-hydrogen) atoms. The Kier molecular flexibility index (Phi) is 5.77. The number of rotatable bonds is 2. The molecular formula is C13H24. The van der Waals surface area contributed by atoms with Gasteiger partial charge < -0.3 is 0 Å². The molecule has 0 spiro atoms. The highest BCUT2D eigenvalue weighted by Gasteiger charge is 2.34. The standard InChI is InChI=1S/C11H18.C2H6/c1-5-10-7-8(3)9(4)11(10)6-2;1-2/h5-6,8-11H,1-2,7H2,3-4H3;1-2H3. The van der Waals surface area contributed by atoms with E-state index in [2.05, 4.69) is 39.2 Å². The van der Waals surface area contributed by atoms with Crippen LogP contribution in [0.25, 0.3) is 0 Å². The monoisotopic (exact) mass is 180 g/mol. The van der Waals surface area contributed by atoms with Crippen molar-refractivity contribution in [1.82, 2.24) is 0 Å². The Bertz CT molecular complexity index is 157. The number of allylic oxidation sites excluding steroid dienone is 2. The Morgan fingerprint density at radius 1 is 1.08 bits per heavy atom. The first-order chi connectivity index (χ1) is 6.20. The first-order valence-electron chi connectivity index (χ1n) is 5.45. The van der Waals surface area contributed by atoms with E-state index in [0.29, 0.717) is 11.8 Å². The van der Waals surface area contributed by atoms with Crippen LogP contribution in [0, 0.1) is 23.7 Å². The summed E-state index contributed by atoms with van der Waals surface area (Å²) in [5.41, 5.74) is 0. The maximum Gasteiger partial charge on any atom is -0.0145 e. The molecule has 1 aliphatic rings. The molecule has 4 atom stereocenters. The molecule has 1 aliphatic carbocycles. The zero-order valence-electron chi connectivity index (χ0n) is 9.59. The Balaban J connectivity index is 0.000000671. The molecule has 1 fully saturated rings. The Morgan fingerprint density at radius 3 is 1.92 bits per heavy atom. The molecule has 0 aliphatic heterocycles. The fourth-order valence-electron chi connectivity index (χ4n) is 2.21. The van der Waals surface area contributed by atoms with Gasteiger partial charge in [0, 0.05) is 0 Å². The third-order valence-electron chi connectivity index (χ3n) is 3.22. The zero-order valence-corrected chi connectivity index (χ0v) is 9.59. The largest absolute Gasteiger partial charge is 0.103 e. The van der Waals surface area contributed by atoms with Gasteiger partial charge >= 0.3 is 0 Å². The highest BCUT2D eigenvalue weighted by atomic mass is 14.4. The van der Waals surface area contributed by atoms with Gasteiger partial charge in [0.15, 0.2) is 0 Å². The maximum atomic E-state index is 3.88. The second kappa shape index (κ2) is 6.01. The molecule has 0 aromatic heterocycles. The summed E-state index contributed by atoms with van der Waals surface area (Å²) in [6, 6.07) is 0. The van der Waals surface area contributed by atoms with Crippen molar-refractivity contribution >= 4 is 0 Å². The summed E-state index contributed by atoms with van der Waals surface area (Å²) in [5.74, 6) is 2.97. The van der Waals surface area contributed by atoms with Crippen LogP contribution < -0.4 is 0 Å². The van der Waals surface area contributed by atoms with Crippen molar-refractivity contribution in [2.45, 2.75) is 34.1 Å². The molecule has 76 valence electrons. The van der Waals surface area contributed by atoms with Crippen LogP contribution in [-0.2, 0) is 0 Å². The second-order valence-corrected chi connectivity index (χ2v) is 3.78. The van der Waals surface area contributed by atoms with Crippen molar-refractivity contribution in [2.24, 2.45) is 23.7 Å². The molecule has 0 saturated heterocycles.